The molecule has 0 aliphatic carbocycles. The number of furan rings is 1. The van der Waals surface area contributed by atoms with Gasteiger partial charge in [-0.2, -0.15) is 4.98 Å². The van der Waals surface area contributed by atoms with Crippen LogP contribution in [0.5, 0.6) is 0 Å². The lowest BCUT2D eigenvalue weighted by molar-refractivity contribution is 0.490. The molecule has 0 spiro atoms. The molecule has 2 rings (SSSR count). The van der Waals surface area contributed by atoms with E-state index in [9.17, 15) is 0 Å². The fraction of sp³-hybridized carbons (Fsp3) is 0.273. The second-order valence-electron chi connectivity index (χ2n) is 3.40. The molecular formula is C11H14N4O. The maximum atomic E-state index is 5.30. The molecule has 5 heteroatoms. The number of nitrogens with zero attached hydrogens (tertiary/aromatic N) is 2. The third kappa shape index (κ3) is 2.31. The molecule has 84 valence electrons. The van der Waals surface area contributed by atoms with Gasteiger partial charge < -0.3 is 15.1 Å². The summed E-state index contributed by atoms with van der Waals surface area (Å²) < 4.78 is 5.30. The summed E-state index contributed by atoms with van der Waals surface area (Å²) in [5, 5.41) is 6.12. The molecule has 2 aromatic heterocycles. The average molecular weight is 218 g/mol. The fourth-order valence-electron chi connectivity index (χ4n) is 1.39. The minimum atomic E-state index is 0.0783. The van der Waals surface area contributed by atoms with Gasteiger partial charge in [-0.05, 0) is 25.1 Å². The highest BCUT2D eigenvalue weighted by Gasteiger charge is 2.08. The van der Waals surface area contributed by atoms with Crippen LogP contribution in [0.15, 0.2) is 35.1 Å². The molecule has 0 fully saturated rings. The highest BCUT2D eigenvalue weighted by molar-refractivity contribution is 5.40. The first kappa shape index (κ1) is 10.5. The van der Waals surface area contributed by atoms with Crippen LogP contribution in [0.4, 0.5) is 11.8 Å². The Morgan fingerprint density at radius 1 is 1.38 bits per heavy atom. The van der Waals surface area contributed by atoms with E-state index in [1.54, 1.807) is 19.5 Å². The number of anilines is 2. The van der Waals surface area contributed by atoms with Crippen molar-refractivity contribution in [2.75, 3.05) is 17.7 Å². The molecule has 0 bridgehead atoms. The highest BCUT2D eigenvalue weighted by atomic mass is 16.3. The Kier molecular flexibility index (Phi) is 3.05. The third-order valence-corrected chi connectivity index (χ3v) is 2.21. The Morgan fingerprint density at radius 3 is 2.94 bits per heavy atom. The van der Waals surface area contributed by atoms with Gasteiger partial charge in [-0.3, -0.25) is 0 Å². The van der Waals surface area contributed by atoms with E-state index in [0.717, 1.165) is 11.6 Å². The normalized spacial score (nSPS) is 12.1. The molecule has 0 saturated carbocycles. The molecule has 0 aromatic carbocycles. The Morgan fingerprint density at radius 2 is 2.25 bits per heavy atom. The van der Waals surface area contributed by atoms with Crippen LogP contribution in [-0.2, 0) is 0 Å². The lowest BCUT2D eigenvalue weighted by Crippen LogP contribution is -2.08. The highest BCUT2D eigenvalue weighted by Crippen LogP contribution is 2.18. The first-order chi connectivity index (χ1) is 7.79. The molecule has 0 aliphatic heterocycles. The second kappa shape index (κ2) is 4.65. The standard InChI is InChI=1S/C11H14N4O/c1-8(9-4-3-7-16-9)14-10-5-6-13-11(12-2)15-10/h3-8H,1-2H3,(H2,12,13,14,15). The summed E-state index contributed by atoms with van der Waals surface area (Å²) in [5.74, 6) is 2.24. The van der Waals surface area contributed by atoms with Gasteiger partial charge in [0, 0.05) is 13.2 Å². The van der Waals surface area contributed by atoms with Gasteiger partial charge in [0.25, 0.3) is 0 Å². The summed E-state index contributed by atoms with van der Waals surface area (Å²) in [6.07, 6.45) is 3.36. The van der Waals surface area contributed by atoms with Gasteiger partial charge in [-0.25, -0.2) is 4.98 Å². The number of nitrogens with one attached hydrogen (secondary N) is 2. The summed E-state index contributed by atoms with van der Waals surface area (Å²) in [7, 11) is 1.79. The molecule has 2 N–H and O–H groups in total. The zero-order chi connectivity index (χ0) is 11.4. The van der Waals surface area contributed by atoms with E-state index < -0.39 is 0 Å². The molecular weight excluding hydrogens is 204 g/mol. The largest absolute Gasteiger partial charge is 0.467 e. The van der Waals surface area contributed by atoms with Crippen LogP contribution in [0.25, 0.3) is 0 Å². The zero-order valence-electron chi connectivity index (χ0n) is 9.27. The van der Waals surface area contributed by atoms with Gasteiger partial charge in [-0.1, -0.05) is 0 Å². The SMILES string of the molecule is CNc1nccc(NC(C)c2ccco2)n1. The minimum absolute atomic E-state index is 0.0783. The van der Waals surface area contributed by atoms with Crippen LogP contribution < -0.4 is 10.6 Å². The fourth-order valence-corrected chi connectivity index (χ4v) is 1.39. The Labute approximate surface area is 93.9 Å². The smallest absolute Gasteiger partial charge is 0.224 e. The summed E-state index contributed by atoms with van der Waals surface area (Å²) >= 11 is 0. The quantitative estimate of drug-likeness (QED) is 0.824. The molecule has 2 aromatic rings. The van der Waals surface area contributed by atoms with Crippen molar-refractivity contribution in [1.82, 2.24) is 9.97 Å². The first-order valence-electron chi connectivity index (χ1n) is 5.10. The number of rotatable bonds is 4. The van der Waals surface area contributed by atoms with Gasteiger partial charge in [0.05, 0.1) is 12.3 Å². The Hall–Kier alpha value is -2.04. The number of hydrogen-bond donors (Lipinski definition) is 2. The summed E-state index contributed by atoms with van der Waals surface area (Å²) in [6.45, 7) is 2.01. The van der Waals surface area contributed by atoms with Crippen LogP contribution in [0.1, 0.15) is 18.7 Å². The summed E-state index contributed by atoms with van der Waals surface area (Å²) in [5.41, 5.74) is 0. The molecule has 0 aliphatic rings. The predicted octanol–water partition coefficient (Wildman–Crippen LogP) is 2.28. The third-order valence-electron chi connectivity index (χ3n) is 2.21. The average Bonchev–Trinajstić information content (AvgIpc) is 2.83. The van der Waals surface area contributed by atoms with Crippen LogP contribution in [0.3, 0.4) is 0 Å². The topological polar surface area (TPSA) is 63.0 Å². The van der Waals surface area contributed by atoms with Crippen molar-refractivity contribution in [2.45, 2.75) is 13.0 Å². The molecule has 5 nitrogen and oxygen atoms in total. The van der Waals surface area contributed by atoms with Crippen LogP contribution in [-0.4, -0.2) is 17.0 Å². The van der Waals surface area contributed by atoms with Crippen molar-refractivity contribution in [3.63, 3.8) is 0 Å². The molecule has 1 atom stereocenters. The van der Waals surface area contributed by atoms with Crippen LogP contribution in [0.2, 0.25) is 0 Å². The lowest BCUT2D eigenvalue weighted by atomic mass is 10.2. The molecule has 0 saturated heterocycles. The van der Waals surface area contributed by atoms with E-state index >= 15 is 0 Å². The lowest BCUT2D eigenvalue weighted by Gasteiger charge is -2.12. The van der Waals surface area contributed by atoms with Gasteiger partial charge >= 0.3 is 0 Å². The van der Waals surface area contributed by atoms with E-state index in [4.69, 9.17) is 4.42 Å². The molecule has 1 unspecified atom stereocenters. The van der Waals surface area contributed by atoms with Crippen molar-refractivity contribution >= 4 is 11.8 Å². The molecule has 0 amide bonds. The van der Waals surface area contributed by atoms with Crippen LogP contribution in [0, 0.1) is 0 Å². The van der Waals surface area contributed by atoms with E-state index in [0.29, 0.717) is 5.95 Å². The maximum absolute atomic E-state index is 5.30. The van der Waals surface area contributed by atoms with Crippen molar-refractivity contribution in [3.8, 4) is 0 Å². The minimum Gasteiger partial charge on any atom is -0.467 e. The summed E-state index contributed by atoms with van der Waals surface area (Å²) in [6, 6.07) is 5.69. The second-order valence-corrected chi connectivity index (χ2v) is 3.40. The van der Waals surface area contributed by atoms with Crippen molar-refractivity contribution in [2.24, 2.45) is 0 Å². The Bertz CT molecular complexity index is 441. The van der Waals surface area contributed by atoms with E-state index in [2.05, 4.69) is 20.6 Å². The maximum Gasteiger partial charge on any atom is 0.224 e. The first-order valence-corrected chi connectivity index (χ1v) is 5.10. The number of hydrogen-bond acceptors (Lipinski definition) is 5. The predicted molar refractivity (Wildman–Crippen MR) is 62.3 cm³/mol. The molecule has 2 heterocycles. The van der Waals surface area contributed by atoms with Gasteiger partial charge in [0.15, 0.2) is 0 Å². The van der Waals surface area contributed by atoms with Crippen molar-refractivity contribution in [1.29, 1.82) is 0 Å². The van der Waals surface area contributed by atoms with Crippen LogP contribution >= 0.6 is 0 Å². The van der Waals surface area contributed by atoms with E-state index in [1.807, 2.05) is 25.1 Å². The van der Waals surface area contributed by atoms with E-state index in [1.165, 1.54) is 0 Å². The summed E-state index contributed by atoms with van der Waals surface area (Å²) in [4.78, 5) is 8.31. The molecule has 16 heavy (non-hydrogen) atoms. The molecule has 0 radical (unpaired) electrons. The van der Waals surface area contributed by atoms with E-state index in [-0.39, 0.29) is 6.04 Å². The zero-order valence-corrected chi connectivity index (χ0v) is 9.27. The van der Waals surface area contributed by atoms with Crippen molar-refractivity contribution < 1.29 is 4.42 Å². The Balaban J connectivity index is 2.08. The van der Waals surface area contributed by atoms with Gasteiger partial charge in [0.2, 0.25) is 5.95 Å². The monoisotopic (exact) mass is 218 g/mol. The van der Waals surface area contributed by atoms with Crippen molar-refractivity contribution in [3.05, 3.63) is 36.4 Å². The number of aromatic nitrogens is 2. The van der Waals surface area contributed by atoms with Gasteiger partial charge in [-0.15, -0.1) is 0 Å². The van der Waals surface area contributed by atoms with Gasteiger partial charge in [0.1, 0.15) is 11.6 Å².